The topological polar surface area (TPSA) is 40.5 Å². The van der Waals surface area contributed by atoms with E-state index in [2.05, 4.69) is 48.5 Å². The van der Waals surface area contributed by atoms with Crippen LogP contribution in [0.25, 0.3) is 22.2 Å². The molecule has 0 amide bonds. The zero-order chi connectivity index (χ0) is 35.8. The zero-order valence-electron chi connectivity index (χ0n) is 31.1. The third-order valence-electron chi connectivity index (χ3n) is 9.36. The van der Waals surface area contributed by atoms with Gasteiger partial charge in [-0.05, 0) is 94.5 Å². The second-order valence-corrected chi connectivity index (χ2v) is 17.2. The highest BCUT2D eigenvalue weighted by atomic mass is 19.4. The van der Waals surface area contributed by atoms with Gasteiger partial charge in [0.05, 0.1) is 16.5 Å². The molecule has 47 heavy (non-hydrogen) atoms. The summed E-state index contributed by atoms with van der Waals surface area (Å²) in [6.07, 6.45) is 0.145. The number of unbranched alkanes of at least 4 members (excludes halogenated alkanes) is 2. The number of ether oxygens (including phenoxy) is 2. The van der Waals surface area contributed by atoms with E-state index >= 15 is 0 Å². The van der Waals surface area contributed by atoms with Gasteiger partial charge in [0.15, 0.2) is 0 Å². The van der Waals surface area contributed by atoms with Crippen LogP contribution in [0.4, 0.5) is 13.2 Å². The Balaban J connectivity index is 1.87. The second kappa shape index (κ2) is 13.5. The molecule has 1 aromatic heterocycles. The van der Waals surface area contributed by atoms with Crippen molar-refractivity contribution in [2.45, 2.75) is 139 Å². The zero-order valence-corrected chi connectivity index (χ0v) is 31.1. The number of carbonyl (C=O) groups is 1. The molecule has 4 nitrogen and oxygen atoms in total. The van der Waals surface area contributed by atoms with Gasteiger partial charge in [-0.1, -0.05) is 73.4 Å². The first-order valence-electron chi connectivity index (χ1n) is 17.0. The molecule has 0 saturated heterocycles. The van der Waals surface area contributed by atoms with Gasteiger partial charge in [-0.25, -0.2) is 0 Å². The predicted octanol–water partition coefficient (Wildman–Crippen LogP) is 12.0. The Morgan fingerprint density at radius 2 is 1.43 bits per heavy atom. The van der Waals surface area contributed by atoms with Crippen LogP contribution in [-0.4, -0.2) is 21.7 Å². The second-order valence-electron chi connectivity index (χ2n) is 17.2. The van der Waals surface area contributed by atoms with E-state index in [0.29, 0.717) is 36.3 Å². The third-order valence-corrected chi connectivity index (χ3v) is 9.36. The lowest BCUT2D eigenvalue weighted by Gasteiger charge is -2.45. The molecule has 3 rings (SSSR count). The smallest absolute Gasteiger partial charge is 0.417 e. The van der Waals surface area contributed by atoms with Crippen LogP contribution in [0.5, 0.6) is 5.75 Å². The molecule has 0 aliphatic heterocycles. The van der Waals surface area contributed by atoms with Gasteiger partial charge in [-0.3, -0.25) is 4.79 Å². The van der Waals surface area contributed by atoms with Crippen molar-refractivity contribution in [2.75, 3.05) is 0 Å². The number of benzene rings is 2. The normalized spacial score (nSPS) is 14.7. The average Bonchev–Trinajstić information content (AvgIpc) is 3.21. The maximum atomic E-state index is 14.3. The Morgan fingerprint density at radius 1 is 0.787 bits per heavy atom. The van der Waals surface area contributed by atoms with Crippen LogP contribution in [0.3, 0.4) is 0 Å². The minimum absolute atomic E-state index is 0.0605. The van der Waals surface area contributed by atoms with Crippen molar-refractivity contribution < 1.29 is 27.4 Å². The Hall–Kier alpha value is -2.96. The number of aromatic nitrogens is 1. The summed E-state index contributed by atoms with van der Waals surface area (Å²) in [5, 5.41) is 0.822. The molecule has 7 heteroatoms. The molecule has 1 atom stereocenters. The SMILES string of the molecule is CCCCCc1ccc(-c2cc3ccc(OC(C)(C)CC(C)(C)OC(=O)C(C)(CC(C)(C)C)C(C)(C)C)cc3n2C)c(C(F)(F)F)c1. The standard InChI is InChI=1S/C40H58F3NO3/c1-14-15-16-17-27-18-21-30(31(22-27)40(41,42)43)33-23-28-19-20-29(24-32(28)44(33)13)46-37(8,9)26-38(10,11)47-34(45)39(12,36(5,6)7)25-35(2,3)4/h18-24H,14-17,25-26H2,1-13H3. The third kappa shape index (κ3) is 9.57. The van der Waals surface area contributed by atoms with E-state index in [1.54, 1.807) is 23.7 Å². The number of hydrogen-bond acceptors (Lipinski definition) is 3. The molecular formula is C40H58F3NO3. The molecule has 0 aliphatic carbocycles. The van der Waals surface area contributed by atoms with E-state index in [1.165, 1.54) is 6.07 Å². The first-order valence-corrected chi connectivity index (χ1v) is 17.0. The van der Waals surface area contributed by atoms with Gasteiger partial charge >= 0.3 is 12.1 Å². The van der Waals surface area contributed by atoms with E-state index in [4.69, 9.17) is 9.47 Å². The van der Waals surface area contributed by atoms with E-state index in [0.717, 1.165) is 30.2 Å². The number of fused-ring (bicyclic) bond motifs is 1. The van der Waals surface area contributed by atoms with Crippen LogP contribution < -0.4 is 4.74 Å². The average molecular weight is 658 g/mol. The summed E-state index contributed by atoms with van der Waals surface area (Å²) in [6.45, 7) is 24.5. The van der Waals surface area contributed by atoms with Gasteiger partial charge in [0.25, 0.3) is 0 Å². The molecule has 0 fully saturated rings. The molecule has 1 unspecified atom stereocenters. The van der Waals surface area contributed by atoms with Crippen LogP contribution in [0.1, 0.15) is 126 Å². The van der Waals surface area contributed by atoms with E-state index in [-0.39, 0.29) is 22.4 Å². The van der Waals surface area contributed by atoms with Crippen molar-refractivity contribution in [3.63, 3.8) is 0 Å². The van der Waals surface area contributed by atoms with Crippen molar-refractivity contribution in [1.29, 1.82) is 0 Å². The van der Waals surface area contributed by atoms with Gasteiger partial charge in [0.2, 0.25) is 0 Å². The lowest BCUT2D eigenvalue weighted by molar-refractivity contribution is -0.181. The Bertz CT molecular complexity index is 1550. The van der Waals surface area contributed by atoms with Crippen molar-refractivity contribution in [2.24, 2.45) is 23.3 Å². The molecule has 0 aliphatic rings. The molecule has 1 heterocycles. The molecule has 0 N–H and O–H groups in total. The van der Waals surface area contributed by atoms with Crippen LogP contribution in [0.15, 0.2) is 42.5 Å². The molecule has 0 saturated carbocycles. The van der Waals surface area contributed by atoms with Crippen LogP contribution in [0.2, 0.25) is 0 Å². The molecule has 0 bridgehead atoms. The molecule has 2 aromatic carbocycles. The van der Waals surface area contributed by atoms with Crippen molar-refractivity contribution in [3.8, 4) is 17.0 Å². The summed E-state index contributed by atoms with van der Waals surface area (Å²) in [5.74, 6) is 0.373. The minimum Gasteiger partial charge on any atom is -0.488 e. The summed E-state index contributed by atoms with van der Waals surface area (Å²) >= 11 is 0. The van der Waals surface area contributed by atoms with Crippen LogP contribution in [0, 0.1) is 16.2 Å². The summed E-state index contributed by atoms with van der Waals surface area (Å²) in [5.41, 5.74) is -1.07. The Labute approximate surface area is 281 Å². The highest BCUT2D eigenvalue weighted by Crippen LogP contribution is 2.48. The monoisotopic (exact) mass is 657 g/mol. The quantitative estimate of drug-likeness (QED) is 0.144. The van der Waals surface area contributed by atoms with Gasteiger partial charge in [-0.15, -0.1) is 0 Å². The number of nitrogens with zero attached hydrogens (tertiary/aromatic N) is 1. The number of carbonyl (C=O) groups excluding carboxylic acids is 1. The molecule has 0 radical (unpaired) electrons. The highest BCUT2D eigenvalue weighted by Gasteiger charge is 2.49. The first kappa shape index (κ1) is 38.5. The number of rotatable bonds is 12. The lowest BCUT2D eigenvalue weighted by Crippen LogP contribution is -2.48. The van der Waals surface area contributed by atoms with Gasteiger partial charge in [0.1, 0.15) is 17.0 Å². The molecule has 3 aromatic rings. The molecule has 262 valence electrons. The van der Waals surface area contributed by atoms with Gasteiger partial charge in [0, 0.05) is 36.2 Å². The Morgan fingerprint density at radius 3 is 1.98 bits per heavy atom. The lowest BCUT2D eigenvalue weighted by atomic mass is 9.61. The summed E-state index contributed by atoms with van der Waals surface area (Å²) in [7, 11) is 1.79. The van der Waals surface area contributed by atoms with E-state index in [9.17, 15) is 18.0 Å². The molecular weight excluding hydrogens is 599 g/mol. The van der Waals surface area contributed by atoms with Crippen LogP contribution in [-0.2, 0) is 29.2 Å². The van der Waals surface area contributed by atoms with Crippen molar-refractivity contribution in [3.05, 3.63) is 53.6 Å². The largest absolute Gasteiger partial charge is 0.488 e. The fraction of sp³-hybridized carbons (Fsp3) is 0.625. The maximum absolute atomic E-state index is 14.3. The number of hydrogen-bond donors (Lipinski definition) is 0. The predicted molar refractivity (Wildman–Crippen MR) is 188 cm³/mol. The number of aryl methyl sites for hydroxylation is 2. The van der Waals surface area contributed by atoms with Crippen molar-refractivity contribution in [1.82, 2.24) is 4.57 Å². The summed E-state index contributed by atoms with van der Waals surface area (Å²) in [4.78, 5) is 13.8. The minimum atomic E-state index is -4.47. The van der Waals surface area contributed by atoms with Gasteiger partial charge in [-0.2, -0.15) is 13.2 Å². The molecule has 0 spiro atoms. The number of esters is 1. The fourth-order valence-electron chi connectivity index (χ4n) is 6.90. The summed E-state index contributed by atoms with van der Waals surface area (Å²) < 4.78 is 57.4. The fourth-order valence-corrected chi connectivity index (χ4v) is 6.90. The highest BCUT2D eigenvalue weighted by molar-refractivity contribution is 5.88. The Kier molecular flexibility index (Phi) is 11.1. The van der Waals surface area contributed by atoms with Crippen LogP contribution >= 0.6 is 0 Å². The van der Waals surface area contributed by atoms with E-state index < -0.39 is 28.4 Å². The maximum Gasteiger partial charge on any atom is 0.417 e. The number of alkyl halides is 3. The van der Waals surface area contributed by atoms with Gasteiger partial charge < -0.3 is 14.0 Å². The van der Waals surface area contributed by atoms with E-state index in [1.807, 2.05) is 58.9 Å². The summed E-state index contributed by atoms with van der Waals surface area (Å²) in [6, 6.07) is 12.1. The number of halogens is 3. The first-order chi connectivity index (χ1) is 21.3. The van der Waals surface area contributed by atoms with Crippen molar-refractivity contribution >= 4 is 16.9 Å².